The van der Waals surface area contributed by atoms with Gasteiger partial charge in [-0.2, -0.15) is 0 Å². The first-order valence-electron chi connectivity index (χ1n) is 5.49. The molecule has 0 aliphatic rings. The molecule has 2 rings (SSSR count). The van der Waals surface area contributed by atoms with Gasteiger partial charge < -0.3 is 19.1 Å². The third-order valence-corrected chi connectivity index (χ3v) is 2.68. The number of carbonyl (C=O) groups is 1. The van der Waals surface area contributed by atoms with Gasteiger partial charge in [-0.25, -0.2) is 4.79 Å². The SMILES string of the molecule is COc1cc(-c2cc(C(=O)O)no2)cc(C)c1OC. The fourth-order valence-corrected chi connectivity index (χ4v) is 1.81. The summed E-state index contributed by atoms with van der Waals surface area (Å²) in [5.74, 6) is 0.406. The smallest absolute Gasteiger partial charge is 0.358 e. The lowest BCUT2D eigenvalue weighted by molar-refractivity contribution is 0.0686. The standard InChI is InChI=1S/C13H13NO5/c1-7-4-8(5-11(17-2)12(7)18-3)10-6-9(13(15)16)14-19-10/h4-6H,1-3H3,(H,15,16). The molecule has 2 aromatic rings. The number of hydrogen-bond acceptors (Lipinski definition) is 5. The van der Waals surface area contributed by atoms with Crippen LogP contribution >= 0.6 is 0 Å². The van der Waals surface area contributed by atoms with E-state index in [9.17, 15) is 4.79 Å². The zero-order valence-corrected chi connectivity index (χ0v) is 10.8. The molecule has 1 N–H and O–H groups in total. The van der Waals surface area contributed by atoms with Crippen LogP contribution in [0.4, 0.5) is 0 Å². The van der Waals surface area contributed by atoms with E-state index in [1.807, 2.05) is 13.0 Å². The molecular weight excluding hydrogens is 250 g/mol. The van der Waals surface area contributed by atoms with Crippen LogP contribution in [0, 0.1) is 6.92 Å². The van der Waals surface area contributed by atoms with Gasteiger partial charge in [-0.3, -0.25) is 0 Å². The Morgan fingerprint density at radius 1 is 1.26 bits per heavy atom. The van der Waals surface area contributed by atoms with Crippen molar-refractivity contribution in [2.45, 2.75) is 6.92 Å². The van der Waals surface area contributed by atoms with Crippen LogP contribution in [0.2, 0.25) is 0 Å². The van der Waals surface area contributed by atoms with Crippen molar-refractivity contribution in [3.8, 4) is 22.8 Å². The van der Waals surface area contributed by atoms with Gasteiger partial charge in [-0.05, 0) is 24.6 Å². The average Bonchev–Trinajstić information content (AvgIpc) is 2.87. The highest BCUT2D eigenvalue weighted by Crippen LogP contribution is 2.35. The van der Waals surface area contributed by atoms with Gasteiger partial charge in [-0.15, -0.1) is 0 Å². The maximum Gasteiger partial charge on any atom is 0.358 e. The molecular formula is C13H13NO5. The van der Waals surface area contributed by atoms with E-state index in [4.69, 9.17) is 19.1 Å². The van der Waals surface area contributed by atoms with Crippen LogP contribution in [0.3, 0.4) is 0 Å². The van der Waals surface area contributed by atoms with Gasteiger partial charge in [0.2, 0.25) is 0 Å². The molecule has 0 saturated heterocycles. The first-order valence-corrected chi connectivity index (χ1v) is 5.49. The molecule has 0 saturated carbocycles. The summed E-state index contributed by atoms with van der Waals surface area (Å²) in [5.41, 5.74) is 1.39. The fraction of sp³-hybridized carbons (Fsp3) is 0.231. The van der Waals surface area contributed by atoms with Crippen molar-refractivity contribution in [2.75, 3.05) is 14.2 Å². The lowest BCUT2D eigenvalue weighted by atomic mass is 10.1. The highest BCUT2D eigenvalue weighted by molar-refractivity contribution is 5.86. The van der Waals surface area contributed by atoms with Gasteiger partial charge in [0, 0.05) is 11.6 Å². The summed E-state index contributed by atoms with van der Waals surface area (Å²) in [7, 11) is 3.09. The first-order chi connectivity index (χ1) is 9.06. The van der Waals surface area contributed by atoms with Crippen molar-refractivity contribution in [3.63, 3.8) is 0 Å². The molecule has 0 spiro atoms. The number of rotatable bonds is 4. The molecule has 6 heteroatoms. The van der Waals surface area contributed by atoms with Gasteiger partial charge in [0.05, 0.1) is 14.2 Å². The van der Waals surface area contributed by atoms with Crippen molar-refractivity contribution >= 4 is 5.97 Å². The van der Waals surface area contributed by atoms with E-state index in [1.54, 1.807) is 13.2 Å². The number of aromatic carboxylic acids is 1. The van der Waals surface area contributed by atoms with Crippen LogP contribution in [0.1, 0.15) is 16.1 Å². The van der Waals surface area contributed by atoms with Crippen molar-refractivity contribution < 1.29 is 23.9 Å². The van der Waals surface area contributed by atoms with Crippen molar-refractivity contribution in [2.24, 2.45) is 0 Å². The molecule has 6 nitrogen and oxygen atoms in total. The summed E-state index contributed by atoms with van der Waals surface area (Å²) in [4.78, 5) is 10.8. The summed E-state index contributed by atoms with van der Waals surface area (Å²) in [5, 5.41) is 12.3. The van der Waals surface area contributed by atoms with E-state index in [0.717, 1.165) is 5.56 Å². The largest absolute Gasteiger partial charge is 0.493 e. The van der Waals surface area contributed by atoms with Crippen LogP contribution in [0.5, 0.6) is 11.5 Å². The third kappa shape index (κ3) is 2.37. The maximum absolute atomic E-state index is 10.8. The molecule has 1 aromatic heterocycles. The summed E-state index contributed by atoms with van der Waals surface area (Å²) >= 11 is 0. The summed E-state index contributed by atoms with van der Waals surface area (Å²) in [6.45, 7) is 1.86. The Labute approximate surface area is 109 Å². The number of carboxylic acids is 1. The Hall–Kier alpha value is -2.50. The van der Waals surface area contributed by atoms with Crippen LogP contribution in [0.25, 0.3) is 11.3 Å². The summed E-state index contributed by atoms with van der Waals surface area (Å²) in [6, 6.07) is 4.88. The number of benzene rings is 1. The van der Waals surface area contributed by atoms with Gasteiger partial charge in [-0.1, -0.05) is 5.16 Å². The van der Waals surface area contributed by atoms with Crippen LogP contribution in [-0.4, -0.2) is 30.5 Å². The Balaban J connectivity index is 2.50. The van der Waals surface area contributed by atoms with Crippen LogP contribution in [-0.2, 0) is 0 Å². The molecule has 100 valence electrons. The Kier molecular flexibility index (Phi) is 3.41. The van der Waals surface area contributed by atoms with E-state index in [1.165, 1.54) is 13.2 Å². The van der Waals surface area contributed by atoms with Gasteiger partial charge in [0.15, 0.2) is 23.0 Å². The fourth-order valence-electron chi connectivity index (χ4n) is 1.81. The second kappa shape index (κ2) is 5.01. The number of methoxy groups -OCH3 is 2. The molecule has 0 amide bonds. The molecule has 0 aliphatic carbocycles. The predicted molar refractivity (Wildman–Crippen MR) is 66.7 cm³/mol. The molecule has 0 atom stereocenters. The number of nitrogens with zero attached hydrogens (tertiary/aromatic N) is 1. The van der Waals surface area contributed by atoms with E-state index >= 15 is 0 Å². The minimum atomic E-state index is -1.13. The highest BCUT2D eigenvalue weighted by atomic mass is 16.5. The first kappa shape index (κ1) is 12.9. The Morgan fingerprint density at radius 3 is 2.53 bits per heavy atom. The second-order valence-corrected chi connectivity index (χ2v) is 3.91. The molecule has 0 aliphatic heterocycles. The zero-order valence-electron chi connectivity index (χ0n) is 10.8. The van der Waals surface area contributed by atoms with E-state index < -0.39 is 5.97 Å². The number of aromatic nitrogens is 1. The Morgan fingerprint density at radius 2 is 2.00 bits per heavy atom. The lowest BCUT2D eigenvalue weighted by Gasteiger charge is -2.11. The number of ether oxygens (including phenoxy) is 2. The molecule has 0 radical (unpaired) electrons. The predicted octanol–water partition coefficient (Wildman–Crippen LogP) is 2.37. The van der Waals surface area contributed by atoms with E-state index in [2.05, 4.69) is 5.16 Å². The molecule has 0 bridgehead atoms. The Bertz CT molecular complexity index is 617. The second-order valence-electron chi connectivity index (χ2n) is 3.91. The quantitative estimate of drug-likeness (QED) is 0.911. The zero-order chi connectivity index (χ0) is 14.0. The van der Waals surface area contributed by atoms with E-state index in [-0.39, 0.29) is 5.69 Å². The topological polar surface area (TPSA) is 81.8 Å². The molecule has 0 fully saturated rings. The number of carboxylic acid groups (broad SMARTS) is 1. The monoisotopic (exact) mass is 263 g/mol. The maximum atomic E-state index is 10.8. The van der Waals surface area contributed by atoms with Gasteiger partial charge >= 0.3 is 5.97 Å². The van der Waals surface area contributed by atoms with E-state index in [0.29, 0.717) is 22.8 Å². The number of hydrogen-bond donors (Lipinski definition) is 1. The van der Waals surface area contributed by atoms with Crippen LogP contribution in [0.15, 0.2) is 22.7 Å². The molecule has 0 unspecified atom stereocenters. The lowest BCUT2D eigenvalue weighted by Crippen LogP contribution is -1.95. The summed E-state index contributed by atoms with van der Waals surface area (Å²) in [6.07, 6.45) is 0. The van der Waals surface area contributed by atoms with Gasteiger partial charge in [0.1, 0.15) is 0 Å². The molecule has 1 heterocycles. The average molecular weight is 263 g/mol. The van der Waals surface area contributed by atoms with Crippen LogP contribution < -0.4 is 9.47 Å². The summed E-state index contributed by atoms with van der Waals surface area (Å²) < 4.78 is 15.5. The highest BCUT2D eigenvalue weighted by Gasteiger charge is 2.16. The minimum Gasteiger partial charge on any atom is -0.493 e. The van der Waals surface area contributed by atoms with Crippen molar-refractivity contribution in [1.82, 2.24) is 5.16 Å². The molecule has 19 heavy (non-hydrogen) atoms. The van der Waals surface area contributed by atoms with Crippen molar-refractivity contribution in [3.05, 3.63) is 29.5 Å². The van der Waals surface area contributed by atoms with Gasteiger partial charge in [0.25, 0.3) is 0 Å². The minimum absolute atomic E-state index is 0.137. The van der Waals surface area contributed by atoms with Crippen molar-refractivity contribution in [1.29, 1.82) is 0 Å². The normalized spacial score (nSPS) is 10.3. The number of aryl methyl sites for hydroxylation is 1. The third-order valence-electron chi connectivity index (χ3n) is 2.68. The molecule has 1 aromatic carbocycles.